The van der Waals surface area contributed by atoms with Crippen LogP contribution in [-0.4, -0.2) is 47.3 Å². The van der Waals surface area contributed by atoms with E-state index in [0.717, 1.165) is 0 Å². The second kappa shape index (κ2) is 6.92. The topological polar surface area (TPSA) is 46.5 Å². The Kier molecular flexibility index (Phi) is 5.85. The highest BCUT2D eigenvalue weighted by Crippen LogP contribution is 2.58. The smallest absolute Gasteiger partial charge is 0.460 e. The van der Waals surface area contributed by atoms with E-state index >= 15 is 0 Å². The predicted octanol–water partition coefficient (Wildman–Crippen LogP) is 4.95. The van der Waals surface area contributed by atoms with Crippen molar-refractivity contribution in [3.05, 3.63) is 29.8 Å². The summed E-state index contributed by atoms with van der Waals surface area (Å²) in [5.41, 5.74) is -0.882. The average Bonchev–Trinajstić information content (AvgIpc) is 2.53. The zero-order valence-corrected chi connectivity index (χ0v) is 12.7. The van der Waals surface area contributed by atoms with Gasteiger partial charge in [0.15, 0.2) is 0 Å². The molecule has 1 aromatic carbocycles. The van der Waals surface area contributed by atoms with E-state index in [4.69, 9.17) is 5.11 Å². The van der Waals surface area contributed by atoms with E-state index in [-0.39, 0.29) is 0 Å². The van der Waals surface area contributed by atoms with Crippen LogP contribution in [0.2, 0.25) is 0 Å². The Balaban J connectivity index is 3.20. The molecule has 0 bridgehead atoms. The fourth-order valence-electron chi connectivity index (χ4n) is 1.56. The summed E-state index contributed by atoms with van der Waals surface area (Å²) in [5.74, 6) is -32.9. The molecule has 0 amide bonds. The SMILES string of the molecule is O=C(OC(F)C(F)(F)C(F)(F)C(F)(F)C(F)(F)C(F)(F)F)c1ccc(O)cc1. The molecule has 0 saturated carbocycles. The highest BCUT2D eigenvalue weighted by Gasteiger charge is 2.88. The molecule has 1 N–H and O–H groups in total. The van der Waals surface area contributed by atoms with Gasteiger partial charge in [0.2, 0.25) is 0 Å². The summed E-state index contributed by atoms with van der Waals surface area (Å²) in [6, 6.07) is 2.56. The highest BCUT2D eigenvalue weighted by atomic mass is 19.4. The monoisotopic (exact) mass is 438 g/mol. The average molecular weight is 438 g/mol. The van der Waals surface area contributed by atoms with Crippen molar-refractivity contribution in [3.8, 4) is 5.75 Å². The van der Waals surface area contributed by atoms with Gasteiger partial charge in [-0.3, -0.25) is 0 Å². The molecule has 0 aliphatic carbocycles. The number of phenolic OH excluding ortho intramolecular Hbond substituents is 1. The van der Waals surface area contributed by atoms with Crippen LogP contribution in [0.5, 0.6) is 5.75 Å². The zero-order valence-electron chi connectivity index (χ0n) is 12.7. The van der Waals surface area contributed by atoms with E-state index in [1.165, 1.54) is 0 Å². The fraction of sp³-hybridized carbons (Fsp3) is 0.462. The summed E-state index contributed by atoms with van der Waals surface area (Å²) >= 11 is 0. The van der Waals surface area contributed by atoms with Crippen LogP contribution in [0.25, 0.3) is 0 Å². The third kappa shape index (κ3) is 3.65. The van der Waals surface area contributed by atoms with Gasteiger partial charge in [-0.25, -0.2) is 4.79 Å². The summed E-state index contributed by atoms with van der Waals surface area (Å²) in [5, 5.41) is 8.90. The van der Waals surface area contributed by atoms with Gasteiger partial charge in [-0.15, -0.1) is 0 Å². The summed E-state index contributed by atoms with van der Waals surface area (Å²) in [6.45, 7) is 0. The molecule has 0 fully saturated rings. The quantitative estimate of drug-likeness (QED) is 0.505. The van der Waals surface area contributed by atoms with Crippen molar-refractivity contribution in [1.82, 2.24) is 0 Å². The summed E-state index contributed by atoms with van der Waals surface area (Å²) in [6.07, 6.45) is -12.4. The molecule has 1 unspecified atom stereocenters. The first-order valence-electron chi connectivity index (χ1n) is 6.52. The molecule has 1 atom stereocenters. The number of rotatable bonds is 6. The van der Waals surface area contributed by atoms with Crippen LogP contribution in [0.1, 0.15) is 10.4 Å². The number of carbonyl (C=O) groups excluding carboxylic acids is 1. The Morgan fingerprint density at radius 3 is 1.61 bits per heavy atom. The van der Waals surface area contributed by atoms with Crippen molar-refractivity contribution < 1.29 is 67.3 Å². The minimum atomic E-state index is -7.82. The maximum absolute atomic E-state index is 13.3. The van der Waals surface area contributed by atoms with Gasteiger partial charge in [-0.1, -0.05) is 0 Å². The van der Waals surface area contributed by atoms with Crippen molar-refractivity contribution in [2.75, 3.05) is 0 Å². The molecule has 0 radical (unpaired) electrons. The number of aromatic hydroxyl groups is 1. The first-order chi connectivity index (χ1) is 12.3. The molecule has 0 aromatic heterocycles. The Morgan fingerprint density at radius 2 is 1.21 bits per heavy atom. The van der Waals surface area contributed by atoms with Crippen molar-refractivity contribution in [3.63, 3.8) is 0 Å². The lowest BCUT2D eigenvalue weighted by molar-refractivity contribution is -0.432. The third-order valence-electron chi connectivity index (χ3n) is 3.16. The largest absolute Gasteiger partial charge is 0.508 e. The number of carbonyl (C=O) groups is 1. The summed E-state index contributed by atoms with van der Waals surface area (Å²) in [7, 11) is 0. The first-order valence-corrected chi connectivity index (χ1v) is 6.52. The number of phenols is 1. The molecular weight excluding hydrogens is 432 g/mol. The second-order valence-corrected chi connectivity index (χ2v) is 5.11. The molecular formula is C13H6F12O3. The van der Waals surface area contributed by atoms with Crippen LogP contribution in [0, 0.1) is 0 Å². The molecule has 3 nitrogen and oxygen atoms in total. The van der Waals surface area contributed by atoms with Crippen molar-refractivity contribution in [1.29, 1.82) is 0 Å². The number of hydrogen-bond donors (Lipinski definition) is 1. The van der Waals surface area contributed by atoms with Gasteiger partial charge in [0.25, 0.3) is 0 Å². The van der Waals surface area contributed by atoms with Gasteiger partial charge in [0.05, 0.1) is 5.56 Å². The molecule has 1 aromatic rings. The lowest BCUT2D eigenvalue weighted by Gasteiger charge is -2.37. The predicted molar refractivity (Wildman–Crippen MR) is 64.3 cm³/mol. The number of hydrogen-bond acceptors (Lipinski definition) is 3. The number of benzene rings is 1. The molecule has 28 heavy (non-hydrogen) atoms. The third-order valence-corrected chi connectivity index (χ3v) is 3.16. The first kappa shape index (κ1) is 23.7. The van der Waals surface area contributed by atoms with Gasteiger partial charge in [-0.05, 0) is 24.3 Å². The zero-order chi connectivity index (χ0) is 22.3. The van der Waals surface area contributed by atoms with Gasteiger partial charge >= 0.3 is 42.2 Å². The van der Waals surface area contributed by atoms with E-state index < -0.39 is 53.5 Å². The second-order valence-electron chi connectivity index (χ2n) is 5.11. The van der Waals surface area contributed by atoms with Crippen molar-refractivity contribution in [2.24, 2.45) is 0 Å². The molecule has 1 rings (SSSR count). The number of halogens is 12. The van der Waals surface area contributed by atoms with Crippen molar-refractivity contribution in [2.45, 2.75) is 36.2 Å². The van der Waals surface area contributed by atoms with E-state index in [1.54, 1.807) is 0 Å². The summed E-state index contributed by atoms with van der Waals surface area (Å²) in [4.78, 5) is 11.3. The van der Waals surface area contributed by atoms with Gasteiger partial charge in [-0.2, -0.15) is 52.7 Å². The van der Waals surface area contributed by atoms with Gasteiger partial charge in [0.1, 0.15) is 5.75 Å². The molecule has 0 saturated heterocycles. The van der Waals surface area contributed by atoms with Crippen LogP contribution >= 0.6 is 0 Å². The number of esters is 1. The van der Waals surface area contributed by atoms with Crippen LogP contribution in [0.15, 0.2) is 24.3 Å². The van der Waals surface area contributed by atoms with Crippen LogP contribution in [0.3, 0.4) is 0 Å². The number of ether oxygens (including phenoxy) is 1. The maximum atomic E-state index is 13.3. The maximum Gasteiger partial charge on any atom is 0.460 e. The van der Waals surface area contributed by atoms with Crippen molar-refractivity contribution >= 4 is 5.97 Å². The van der Waals surface area contributed by atoms with Crippen LogP contribution < -0.4 is 0 Å². The highest BCUT2D eigenvalue weighted by molar-refractivity contribution is 5.89. The standard InChI is InChI=1S/C13H6F12O3/c14-8(28-7(27)5-1-3-6(26)4-2-5)9(15,16)10(17,18)11(19,20)12(21,22)13(23,24)25/h1-4,8,26H. The Labute approximate surface area is 146 Å². The molecule has 0 spiro atoms. The Hall–Kier alpha value is -2.35. The summed E-state index contributed by atoms with van der Waals surface area (Å²) < 4.78 is 157. The Morgan fingerprint density at radius 1 is 0.786 bits per heavy atom. The van der Waals surface area contributed by atoms with Crippen LogP contribution in [-0.2, 0) is 4.74 Å². The molecule has 15 heteroatoms. The fourth-order valence-corrected chi connectivity index (χ4v) is 1.56. The van der Waals surface area contributed by atoms with Crippen LogP contribution in [0.4, 0.5) is 52.7 Å². The lowest BCUT2D eigenvalue weighted by atomic mass is 9.98. The minimum Gasteiger partial charge on any atom is -0.508 e. The number of alkyl halides is 12. The van der Waals surface area contributed by atoms with Gasteiger partial charge in [0, 0.05) is 0 Å². The van der Waals surface area contributed by atoms with E-state index in [1.807, 2.05) is 0 Å². The lowest BCUT2D eigenvalue weighted by Crippen LogP contribution is -2.68. The van der Waals surface area contributed by atoms with Gasteiger partial charge < -0.3 is 9.84 Å². The molecule has 0 aliphatic heterocycles. The van der Waals surface area contributed by atoms with E-state index in [2.05, 4.69) is 4.74 Å². The minimum absolute atomic E-state index is 0.515. The normalized spacial score (nSPS) is 15.3. The molecule has 160 valence electrons. The Bertz CT molecular complexity index is 710. The molecule has 0 heterocycles. The van der Waals surface area contributed by atoms with E-state index in [0.29, 0.717) is 24.3 Å². The van der Waals surface area contributed by atoms with E-state index in [9.17, 15) is 57.5 Å². The molecule has 0 aliphatic rings.